The molecule has 0 unspecified atom stereocenters. The van der Waals surface area contributed by atoms with Crippen LogP contribution in [-0.2, 0) is 9.53 Å². The molecule has 1 amide bonds. The summed E-state index contributed by atoms with van der Waals surface area (Å²) in [5.74, 6) is -0.777. The molecule has 0 bridgehead atoms. The second-order valence-electron chi connectivity index (χ2n) is 4.99. The second kappa shape index (κ2) is 7.82. The van der Waals surface area contributed by atoms with Gasteiger partial charge in [0.2, 0.25) is 0 Å². The maximum atomic E-state index is 12.2. The Bertz CT molecular complexity index is 682. The van der Waals surface area contributed by atoms with Crippen molar-refractivity contribution in [1.29, 1.82) is 0 Å². The zero-order valence-corrected chi connectivity index (χ0v) is 13.9. The molecule has 7 heteroatoms. The molecule has 6 nitrogen and oxygen atoms in total. The summed E-state index contributed by atoms with van der Waals surface area (Å²) >= 11 is 4.07. The highest BCUT2D eigenvalue weighted by atomic mass is 32.1. The van der Waals surface area contributed by atoms with Crippen molar-refractivity contribution in [2.24, 2.45) is 0 Å². The summed E-state index contributed by atoms with van der Waals surface area (Å²) in [6.07, 6.45) is 0. The molecular formula is C16H19N3O3S. The van der Waals surface area contributed by atoms with Gasteiger partial charge in [-0.3, -0.25) is 9.89 Å². The number of nitrogens with zero attached hydrogens (tertiary/aromatic N) is 1. The number of amides is 1. The molecule has 0 saturated carbocycles. The number of H-pyrrole nitrogens is 1. The Labute approximate surface area is 140 Å². The van der Waals surface area contributed by atoms with E-state index < -0.39 is 17.9 Å². The Balaban J connectivity index is 2.08. The molecule has 2 N–H and O–H groups in total. The van der Waals surface area contributed by atoms with Crippen molar-refractivity contribution in [2.75, 3.05) is 12.4 Å². The number of aryl methyl sites for hydroxylation is 1. The van der Waals surface area contributed by atoms with Gasteiger partial charge < -0.3 is 10.1 Å². The molecule has 0 fully saturated rings. The maximum Gasteiger partial charge on any atom is 0.329 e. The lowest BCUT2D eigenvalue weighted by atomic mass is 10.1. The predicted molar refractivity (Wildman–Crippen MR) is 90.5 cm³/mol. The van der Waals surface area contributed by atoms with E-state index in [2.05, 4.69) is 28.1 Å². The summed E-state index contributed by atoms with van der Waals surface area (Å²) < 4.78 is 4.89. The highest BCUT2D eigenvalue weighted by molar-refractivity contribution is 7.80. The zero-order chi connectivity index (χ0) is 16.8. The summed E-state index contributed by atoms with van der Waals surface area (Å²) in [5.41, 5.74) is 2.99. The highest BCUT2D eigenvalue weighted by Gasteiger charge is 2.22. The van der Waals surface area contributed by atoms with Crippen molar-refractivity contribution in [3.8, 4) is 11.3 Å². The number of hydrogen-bond acceptors (Lipinski definition) is 5. The van der Waals surface area contributed by atoms with Gasteiger partial charge in [0.1, 0.15) is 11.7 Å². The van der Waals surface area contributed by atoms with Crippen LogP contribution in [0, 0.1) is 6.92 Å². The van der Waals surface area contributed by atoms with Gasteiger partial charge in [0.25, 0.3) is 5.91 Å². The maximum absolute atomic E-state index is 12.2. The standard InChI is InChI=1S/C16H19N3O3S/c1-3-22-16(21)14(9-23)17-15(20)13-8-12(18-19-13)11-6-4-10(2)5-7-11/h4-8,14,23H,3,9H2,1-2H3,(H,17,20)(H,18,19)/t14-/m0/s1. The van der Waals surface area contributed by atoms with Crippen LogP contribution in [0.2, 0.25) is 0 Å². The fourth-order valence-corrected chi connectivity index (χ4v) is 2.21. The van der Waals surface area contributed by atoms with Crippen molar-refractivity contribution in [3.63, 3.8) is 0 Å². The number of aromatic nitrogens is 2. The number of thiol groups is 1. The largest absolute Gasteiger partial charge is 0.464 e. The number of carbonyl (C=O) groups excluding carboxylic acids is 2. The topological polar surface area (TPSA) is 84.1 Å². The van der Waals surface area contributed by atoms with E-state index in [1.54, 1.807) is 13.0 Å². The SMILES string of the molecule is CCOC(=O)[C@H](CS)NC(=O)c1cc(-c2ccc(C)cc2)n[nH]1. The van der Waals surface area contributed by atoms with E-state index in [0.29, 0.717) is 5.69 Å². The van der Waals surface area contributed by atoms with Crippen LogP contribution in [0.5, 0.6) is 0 Å². The van der Waals surface area contributed by atoms with E-state index in [-0.39, 0.29) is 18.1 Å². The Morgan fingerprint density at radius 3 is 2.65 bits per heavy atom. The molecule has 0 aliphatic heterocycles. The lowest BCUT2D eigenvalue weighted by Gasteiger charge is -2.14. The van der Waals surface area contributed by atoms with E-state index in [1.165, 1.54) is 0 Å². The van der Waals surface area contributed by atoms with Crippen LogP contribution in [0.15, 0.2) is 30.3 Å². The normalized spacial score (nSPS) is 11.8. The number of rotatable bonds is 6. The van der Waals surface area contributed by atoms with Gasteiger partial charge in [0.05, 0.1) is 12.3 Å². The summed E-state index contributed by atoms with van der Waals surface area (Å²) in [7, 11) is 0. The van der Waals surface area contributed by atoms with Crippen molar-refractivity contribution in [3.05, 3.63) is 41.6 Å². The third-order valence-corrected chi connectivity index (χ3v) is 3.59. The summed E-state index contributed by atoms with van der Waals surface area (Å²) in [5, 5.41) is 9.39. The van der Waals surface area contributed by atoms with E-state index in [9.17, 15) is 9.59 Å². The van der Waals surface area contributed by atoms with Crippen LogP contribution in [0.4, 0.5) is 0 Å². The number of esters is 1. The number of nitrogens with one attached hydrogen (secondary N) is 2. The number of benzene rings is 1. The third-order valence-electron chi connectivity index (χ3n) is 3.23. The lowest BCUT2D eigenvalue weighted by molar-refractivity contribution is -0.144. The van der Waals surface area contributed by atoms with Crippen LogP contribution in [0.3, 0.4) is 0 Å². The van der Waals surface area contributed by atoms with Crippen LogP contribution < -0.4 is 5.32 Å². The predicted octanol–water partition coefficient (Wildman–Crippen LogP) is 1.98. The number of hydrogen-bond donors (Lipinski definition) is 3. The minimum absolute atomic E-state index is 0.156. The van der Waals surface area contributed by atoms with Gasteiger partial charge in [0, 0.05) is 11.3 Å². The monoisotopic (exact) mass is 333 g/mol. The van der Waals surface area contributed by atoms with Gasteiger partial charge in [-0.05, 0) is 19.9 Å². The fraction of sp³-hybridized carbons (Fsp3) is 0.312. The average molecular weight is 333 g/mol. The van der Waals surface area contributed by atoms with Crippen molar-refractivity contribution in [1.82, 2.24) is 15.5 Å². The van der Waals surface area contributed by atoms with Crippen LogP contribution >= 0.6 is 12.6 Å². The molecular weight excluding hydrogens is 314 g/mol. The van der Waals surface area contributed by atoms with Crippen molar-refractivity contribution in [2.45, 2.75) is 19.9 Å². The smallest absolute Gasteiger partial charge is 0.329 e. The van der Waals surface area contributed by atoms with E-state index in [1.807, 2.05) is 31.2 Å². The number of aromatic amines is 1. The minimum atomic E-state index is -0.795. The Hall–Kier alpha value is -2.28. The average Bonchev–Trinajstić information content (AvgIpc) is 3.03. The Morgan fingerprint density at radius 1 is 1.35 bits per heavy atom. The minimum Gasteiger partial charge on any atom is -0.464 e. The first-order valence-electron chi connectivity index (χ1n) is 7.26. The van der Waals surface area contributed by atoms with Gasteiger partial charge in [-0.25, -0.2) is 4.79 Å². The fourth-order valence-electron chi connectivity index (χ4n) is 1.97. The van der Waals surface area contributed by atoms with E-state index in [0.717, 1.165) is 11.1 Å². The van der Waals surface area contributed by atoms with E-state index in [4.69, 9.17) is 4.74 Å². The molecule has 1 aromatic heterocycles. The molecule has 0 aliphatic carbocycles. The molecule has 0 radical (unpaired) electrons. The second-order valence-corrected chi connectivity index (χ2v) is 5.36. The van der Waals surface area contributed by atoms with Gasteiger partial charge >= 0.3 is 5.97 Å². The first-order valence-corrected chi connectivity index (χ1v) is 7.89. The van der Waals surface area contributed by atoms with Crippen LogP contribution in [-0.4, -0.2) is 40.5 Å². The molecule has 1 aromatic carbocycles. The molecule has 2 aromatic rings. The molecule has 23 heavy (non-hydrogen) atoms. The zero-order valence-electron chi connectivity index (χ0n) is 13.0. The first kappa shape index (κ1) is 17.1. The molecule has 122 valence electrons. The molecule has 0 aliphatic rings. The Kier molecular flexibility index (Phi) is 5.81. The van der Waals surface area contributed by atoms with Crippen LogP contribution in [0.1, 0.15) is 23.0 Å². The molecule has 0 saturated heterocycles. The highest BCUT2D eigenvalue weighted by Crippen LogP contribution is 2.18. The van der Waals surface area contributed by atoms with Gasteiger partial charge in [0.15, 0.2) is 0 Å². The molecule has 1 atom stereocenters. The Morgan fingerprint density at radius 2 is 2.04 bits per heavy atom. The summed E-state index contributed by atoms with van der Waals surface area (Å²) in [6, 6.07) is 8.66. The lowest BCUT2D eigenvalue weighted by Crippen LogP contribution is -2.43. The molecule has 1 heterocycles. The van der Waals surface area contributed by atoms with Gasteiger partial charge in [-0.1, -0.05) is 29.8 Å². The summed E-state index contributed by atoms with van der Waals surface area (Å²) in [6.45, 7) is 3.96. The van der Waals surface area contributed by atoms with Crippen molar-refractivity contribution >= 4 is 24.5 Å². The summed E-state index contributed by atoms with van der Waals surface area (Å²) in [4.78, 5) is 23.9. The molecule has 0 spiro atoms. The van der Waals surface area contributed by atoms with Crippen molar-refractivity contribution < 1.29 is 14.3 Å². The number of ether oxygens (including phenoxy) is 1. The quantitative estimate of drug-likeness (QED) is 0.557. The van der Waals surface area contributed by atoms with E-state index >= 15 is 0 Å². The number of carbonyl (C=O) groups is 2. The van der Waals surface area contributed by atoms with Crippen LogP contribution in [0.25, 0.3) is 11.3 Å². The first-order chi connectivity index (χ1) is 11.0. The van der Waals surface area contributed by atoms with Gasteiger partial charge in [-0.2, -0.15) is 17.7 Å². The molecule has 2 rings (SSSR count). The van der Waals surface area contributed by atoms with Gasteiger partial charge in [-0.15, -0.1) is 0 Å². The third kappa shape index (κ3) is 4.35.